The van der Waals surface area contributed by atoms with Crippen LogP contribution in [0.1, 0.15) is 188 Å². The number of allylic oxidation sites excluding steroid dienone is 5. The maximum absolute atomic E-state index is 14.5. The summed E-state index contributed by atoms with van der Waals surface area (Å²) in [6.45, 7) is 26.0. The van der Waals surface area contributed by atoms with Gasteiger partial charge in [-0.3, -0.25) is 44.9 Å². The summed E-state index contributed by atoms with van der Waals surface area (Å²) < 4.78 is 109. The summed E-state index contributed by atoms with van der Waals surface area (Å²) in [4.78, 5) is 44.2. The van der Waals surface area contributed by atoms with Crippen molar-refractivity contribution < 1.29 is 35.1 Å². The third-order valence-electron chi connectivity index (χ3n) is 24.8. The average molecular weight is 1850 g/mol. The van der Waals surface area contributed by atoms with Crippen molar-refractivity contribution >= 4 is 90.6 Å². The molecule has 4 aromatic heterocycles. The van der Waals surface area contributed by atoms with Crippen LogP contribution in [0.3, 0.4) is 0 Å². The molecule has 5 aliphatic rings. The highest BCUT2D eigenvalue weighted by molar-refractivity contribution is 6.21. The lowest BCUT2D eigenvalue weighted by Crippen LogP contribution is -2.09. The van der Waals surface area contributed by atoms with Crippen LogP contribution in [0.4, 0.5) is 40.8 Å². The number of halogens is 8. The standard InChI is InChI=1S/2C25H23FN2.C24H21FN2.C24H17FN2.C23H16F4N2/c1-17(2)14-18-6-8-20(9-7-18)24-16-23(19-10-12-27-13-11-19)25(28-24)21-4-3-5-22(26)15-21;1-17(2)15-18-7-9-20(10-8-18)24-16-22(19-11-13-27-14-12-19)25(28-24)21-5-3-4-6-23(21)26;1-15-12-20(13-16(2)17(15)3)23-14-22(18-8-10-26-11-9-18)24(27-23)19-4-6-21(25)7-5-19;1-16-3-5-18(6-4-16)23-15-22(17-9-13-21(26-2)14-10-17)24(27-23)19-7-11-20(25)12-8-19;1-14-2-3-17(12-20(14)23(25,26)27)21-13-19(15-8-10-28-11-9-15)22(29-21)16-4-6-18(24)7-5-16/h3-13,15,17H,14,16H2,1-2H3;3-14,17H,15-16H2,1-2H3;4-13H,14H2,1-3H3;3-14H,15H2,1H3;2-12H,13H2,1H3. The van der Waals surface area contributed by atoms with Crippen LogP contribution in [0.5, 0.6) is 0 Å². The van der Waals surface area contributed by atoms with Crippen molar-refractivity contribution in [2.24, 2.45) is 36.8 Å². The van der Waals surface area contributed by atoms with E-state index in [1.165, 1.54) is 94.9 Å². The lowest BCUT2D eigenvalue weighted by atomic mass is 9.94. The van der Waals surface area contributed by atoms with Crippen molar-refractivity contribution in [3.05, 3.63) is 515 Å². The predicted octanol–water partition coefficient (Wildman–Crippen LogP) is 31.0. The number of rotatable bonds is 19. The van der Waals surface area contributed by atoms with E-state index in [2.05, 4.69) is 170 Å². The molecule has 0 fully saturated rings. The first kappa shape index (κ1) is 96.1. The van der Waals surface area contributed by atoms with E-state index in [9.17, 15) is 35.1 Å². The van der Waals surface area contributed by atoms with E-state index in [-0.39, 0.29) is 34.6 Å². The molecule has 9 heterocycles. The van der Waals surface area contributed by atoms with E-state index in [1.54, 1.807) is 116 Å². The zero-order valence-electron chi connectivity index (χ0n) is 78.5. The van der Waals surface area contributed by atoms with Gasteiger partial charge in [0.1, 0.15) is 29.1 Å². The number of pyridine rings is 4. The van der Waals surface area contributed by atoms with Gasteiger partial charge in [-0.1, -0.05) is 167 Å². The summed E-state index contributed by atoms with van der Waals surface area (Å²) in [7, 11) is 0. The van der Waals surface area contributed by atoms with Crippen LogP contribution >= 0.6 is 0 Å². The Bertz CT molecular complexity index is 7360. The summed E-state index contributed by atoms with van der Waals surface area (Å²) >= 11 is 0. The highest BCUT2D eigenvalue weighted by atomic mass is 19.4. The molecule has 0 bridgehead atoms. The van der Waals surface area contributed by atoms with Gasteiger partial charge in [0.25, 0.3) is 0 Å². The Labute approximate surface area is 806 Å². The summed E-state index contributed by atoms with van der Waals surface area (Å²) in [5.74, 6) is -0.103. The van der Waals surface area contributed by atoms with Crippen molar-refractivity contribution in [1.82, 2.24) is 19.9 Å². The molecule has 139 heavy (non-hydrogen) atoms. The highest BCUT2D eigenvalue weighted by Crippen LogP contribution is 2.45. The average Bonchev–Trinajstić information content (AvgIpc) is 1.67. The number of aryl methyl sites for hydroxylation is 4. The van der Waals surface area contributed by atoms with E-state index in [0.717, 1.165) is 166 Å². The molecule has 11 aromatic carbocycles. The van der Waals surface area contributed by atoms with E-state index in [0.29, 0.717) is 70.6 Å². The number of hydrogen-bond acceptors (Lipinski definition) is 9. The Morgan fingerprint density at radius 3 is 0.978 bits per heavy atom. The van der Waals surface area contributed by atoms with Gasteiger partial charge in [-0.15, -0.1) is 0 Å². The van der Waals surface area contributed by atoms with Gasteiger partial charge < -0.3 is 0 Å². The lowest BCUT2D eigenvalue weighted by molar-refractivity contribution is -0.138. The van der Waals surface area contributed by atoms with E-state index in [4.69, 9.17) is 26.5 Å². The van der Waals surface area contributed by atoms with Crippen molar-refractivity contribution in [3.8, 4) is 0 Å². The minimum Gasteiger partial charge on any atom is -0.265 e. The first-order valence-electron chi connectivity index (χ1n) is 46.1. The SMILES string of the molecule is CC(C)Cc1ccc(C2=NC(c3cccc(F)c3)=C(c3ccncc3)C2)cc1.CC(C)Cc1ccc(C2=NC(c3ccccc3F)=C(c3ccncc3)C2)cc1.Cc1cc(C2=NC(c3ccc(F)cc3)=C(c3ccncc3)C2)cc(C)c1C.Cc1ccc(C2=NC(c3ccc(F)cc3)=C(c3ccncc3)C2)cc1C(F)(F)F.[C-]#[N+]c1ccc(C2=C(c3ccc(F)cc3)N=C(c3ccc(C)cc3)C2)cc1. The second-order valence-corrected chi connectivity index (χ2v) is 35.6. The zero-order chi connectivity index (χ0) is 97.4. The van der Waals surface area contributed by atoms with Gasteiger partial charge in [0, 0.05) is 109 Å². The summed E-state index contributed by atoms with van der Waals surface area (Å²) in [6, 6.07) is 89.8. The van der Waals surface area contributed by atoms with Crippen LogP contribution in [-0.2, 0) is 19.0 Å². The van der Waals surface area contributed by atoms with Crippen LogP contribution < -0.4 is 0 Å². The first-order valence-corrected chi connectivity index (χ1v) is 46.1. The molecule has 690 valence electrons. The summed E-state index contributed by atoms with van der Waals surface area (Å²) in [5.41, 5.74) is 35.5. The monoisotopic (exact) mass is 1840 g/mol. The first-order chi connectivity index (χ1) is 67.2. The van der Waals surface area contributed by atoms with Crippen LogP contribution in [-0.4, -0.2) is 48.5 Å². The van der Waals surface area contributed by atoms with Crippen molar-refractivity contribution in [3.63, 3.8) is 0 Å². The predicted molar refractivity (Wildman–Crippen MR) is 549 cm³/mol. The van der Waals surface area contributed by atoms with Gasteiger partial charge in [-0.25, -0.2) is 26.8 Å². The number of alkyl halides is 3. The smallest absolute Gasteiger partial charge is 0.265 e. The van der Waals surface area contributed by atoms with E-state index >= 15 is 0 Å². The molecule has 0 saturated heterocycles. The molecule has 0 atom stereocenters. The molecule has 0 N–H and O–H groups in total. The van der Waals surface area contributed by atoms with Gasteiger partial charge >= 0.3 is 6.18 Å². The summed E-state index contributed by atoms with van der Waals surface area (Å²) in [5, 5.41) is 0. The second kappa shape index (κ2) is 43.8. The summed E-state index contributed by atoms with van der Waals surface area (Å²) in [6.07, 6.45) is 14.9. The molecule has 18 heteroatoms. The Morgan fingerprint density at radius 2 is 0.612 bits per heavy atom. The molecule has 0 amide bonds. The van der Waals surface area contributed by atoms with E-state index in [1.807, 2.05) is 84.9 Å². The molecule has 0 unspecified atom stereocenters. The molecular weight excluding hydrogens is 1750 g/mol. The van der Waals surface area contributed by atoms with Crippen LogP contribution in [0, 0.1) is 82.1 Å². The largest absolute Gasteiger partial charge is 0.416 e. The molecule has 15 aromatic rings. The van der Waals surface area contributed by atoms with Crippen molar-refractivity contribution in [2.45, 2.75) is 113 Å². The maximum atomic E-state index is 14.5. The molecular formula is C121H100F8N10. The van der Waals surface area contributed by atoms with Gasteiger partial charge in [-0.05, 0) is 340 Å². The minimum atomic E-state index is -4.43. The fourth-order valence-electron chi connectivity index (χ4n) is 17.4. The fraction of sp³-hybridized carbons (Fsp3) is 0.157. The van der Waals surface area contributed by atoms with Gasteiger partial charge in [0.2, 0.25) is 0 Å². The Kier molecular flexibility index (Phi) is 30.3. The molecule has 20 rings (SSSR count). The van der Waals surface area contributed by atoms with Gasteiger partial charge in [-0.2, -0.15) is 13.2 Å². The molecule has 0 radical (unpaired) electrons. The number of benzene rings is 11. The van der Waals surface area contributed by atoms with Gasteiger partial charge in [0.05, 0.1) is 69.2 Å². The van der Waals surface area contributed by atoms with Crippen molar-refractivity contribution in [2.75, 3.05) is 0 Å². The Balaban J connectivity index is 0.000000125. The quantitative estimate of drug-likeness (QED) is 0.0592. The topological polar surface area (TPSA) is 118 Å². The van der Waals surface area contributed by atoms with Crippen LogP contribution in [0.2, 0.25) is 0 Å². The minimum absolute atomic E-state index is 0.168. The normalized spacial score (nSPS) is 13.9. The molecule has 0 spiro atoms. The molecule has 0 aliphatic carbocycles. The number of nitrogens with zero attached hydrogens (tertiary/aromatic N) is 10. The van der Waals surface area contributed by atoms with E-state index < -0.39 is 11.7 Å². The number of aliphatic imine (C=N–C) groups is 5. The molecule has 0 saturated carbocycles. The van der Waals surface area contributed by atoms with Crippen LogP contribution in [0.25, 0.3) is 61.2 Å². The Morgan fingerprint density at radius 1 is 0.288 bits per heavy atom. The highest BCUT2D eigenvalue weighted by Gasteiger charge is 2.35. The lowest BCUT2D eigenvalue weighted by Gasteiger charge is -2.12. The van der Waals surface area contributed by atoms with Crippen molar-refractivity contribution in [1.29, 1.82) is 0 Å². The van der Waals surface area contributed by atoms with Crippen LogP contribution in [0.15, 0.2) is 372 Å². The molecule has 5 aliphatic heterocycles. The maximum Gasteiger partial charge on any atom is 0.416 e. The third kappa shape index (κ3) is 23.7. The number of hydrogen-bond donors (Lipinski definition) is 0. The zero-order valence-corrected chi connectivity index (χ0v) is 78.5. The van der Waals surface area contributed by atoms with Gasteiger partial charge in [0.15, 0.2) is 5.69 Å². The fourth-order valence-corrected chi connectivity index (χ4v) is 17.4. The Hall–Kier alpha value is -16.0. The third-order valence-corrected chi connectivity index (χ3v) is 24.8. The number of aromatic nitrogens is 4. The second-order valence-electron chi connectivity index (χ2n) is 35.6. The molecule has 10 nitrogen and oxygen atoms in total.